The van der Waals surface area contributed by atoms with Crippen molar-refractivity contribution in [3.63, 3.8) is 0 Å². The van der Waals surface area contributed by atoms with E-state index < -0.39 is 5.97 Å². The second-order valence-electron chi connectivity index (χ2n) is 10.6. The SMILES string of the molecule is O=C(O)Cn1c(SCCCN(Cc2ccccc2)C(=O)C(c2ccccc2)C2CCCCC2)nc2ccccc21. The molecule has 1 aromatic heterocycles. The van der Waals surface area contributed by atoms with E-state index in [0.29, 0.717) is 24.2 Å². The van der Waals surface area contributed by atoms with Crippen molar-refractivity contribution in [2.75, 3.05) is 12.3 Å². The monoisotopic (exact) mass is 555 g/mol. The summed E-state index contributed by atoms with van der Waals surface area (Å²) in [4.78, 5) is 32.6. The molecule has 0 aliphatic heterocycles. The van der Waals surface area contributed by atoms with Crippen molar-refractivity contribution < 1.29 is 14.7 Å². The van der Waals surface area contributed by atoms with Gasteiger partial charge in [-0.2, -0.15) is 0 Å². The number of fused-ring (bicyclic) bond motifs is 1. The fraction of sp³-hybridized carbons (Fsp3) is 0.364. The van der Waals surface area contributed by atoms with E-state index in [1.807, 2.05) is 65.6 Å². The molecular weight excluding hydrogens is 518 g/mol. The third-order valence-electron chi connectivity index (χ3n) is 7.79. The third kappa shape index (κ3) is 6.94. The normalized spacial score (nSPS) is 14.7. The second-order valence-corrected chi connectivity index (χ2v) is 11.7. The molecule has 0 radical (unpaired) electrons. The zero-order valence-corrected chi connectivity index (χ0v) is 23.6. The Kier molecular flexibility index (Phi) is 9.55. The van der Waals surface area contributed by atoms with Gasteiger partial charge in [0, 0.05) is 18.8 Å². The highest BCUT2D eigenvalue weighted by atomic mass is 32.2. The number of carboxylic acid groups (broad SMARTS) is 1. The molecular formula is C33H37N3O3S. The molecule has 1 heterocycles. The lowest BCUT2D eigenvalue weighted by molar-refractivity contribution is -0.138. The second kappa shape index (κ2) is 13.7. The van der Waals surface area contributed by atoms with Crippen LogP contribution in [0.2, 0.25) is 0 Å². The summed E-state index contributed by atoms with van der Waals surface area (Å²) in [5, 5.41) is 10.2. The molecule has 1 unspecified atom stereocenters. The molecule has 1 aliphatic carbocycles. The molecule has 1 saturated carbocycles. The highest BCUT2D eigenvalue weighted by Crippen LogP contribution is 2.38. The number of thioether (sulfide) groups is 1. The molecule has 1 N–H and O–H groups in total. The van der Waals surface area contributed by atoms with E-state index in [2.05, 4.69) is 24.3 Å². The van der Waals surface area contributed by atoms with Crippen LogP contribution >= 0.6 is 11.8 Å². The van der Waals surface area contributed by atoms with Crippen LogP contribution in [-0.2, 0) is 22.7 Å². The zero-order valence-electron chi connectivity index (χ0n) is 22.8. The maximum Gasteiger partial charge on any atom is 0.323 e. The van der Waals surface area contributed by atoms with E-state index in [4.69, 9.17) is 4.98 Å². The van der Waals surface area contributed by atoms with E-state index in [-0.39, 0.29) is 18.4 Å². The van der Waals surface area contributed by atoms with Crippen molar-refractivity contribution in [2.45, 2.75) is 62.7 Å². The number of amides is 1. The minimum Gasteiger partial charge on any atom is -0.480 e. The smallest absolute Gasteiger partial charge is 0.323 e. The molecule has 5 rings (SSSR count). The molecule has 0 bridgehead atoms. The van der Waals surface area contributed by atoms with Gasteiger partial charge in [0.1, 0.15) is 6.54 Å². The maximum absolute atomic E-state index is 14.3. The van der Waals surface area contributed by atoms with Crippen LogP contribution in [-0.4, -0.2) is 43.7 Å². The number of hydrogen-bond acceptors (Lipinski definition) is 4. The first kappa shape index (κ1) is 28.0. The molecule has 40 heavy (non-hydrogen) atoms. The lowest BCUT2D eigenvalue weighted by Gasteiger charge is -2.34. The topological polar surface area (TPSA) is 75.4 Å². The Morgan fingerprint density at radius 3 is 2.33 bits per heavy atom. The standard InChI is InChI=1S/C33H37N3O3S/c37-30(38)24-36-29-20-11-10-19-28(29)34-33(36)40-22-12-21-35(23-25-13-4-1-5-14-25)32(39)31(26-15-6-2-7-16-26)27-17-8-3-9-18-27/h1-2,4-7,10-11,13-16,19-20,27,31H,3,8-9,12,17-18,21-24H2,(H,37,38). The quantitative estimate of drug-likeness (QED) is 0.151. The first-order chi connectivity index (χ1) is 19.6. The minimum atomic E-state index is -0.890. The number of carbonyl (C=O) groups is 2. The van der Waals surface area contributed by atoms with Gasteiger partial charge in [-0.1, -0.05) is 104 Å². The Balaban J connectivity index is 1.33. The number of nitrogens with zero attached hydrogens (tertiary/aromatic N) is 3. The molecule has 1 amide bonds. The maximum atomic E-state index is 14.3. The average Bonchev–Trinajstić information content (AvgIpc) is 3.33. The molecule has 0 spiro atoms. The van der Waals surface area contributed by atoms with Crippen molar-refractivity contribution >= 4 is 34.7 Å². The van der Waals surface area contributed by atoms with E-state index in [0.717, 1.165) is 47.2 Å². The van der Waals surface area contributed by atoms with Crippen molar-refractivity contribution in [3.05, 3.63) is 96.1 Å². The summed E-state index contributed by atoms with van der Waals surface area (Å²) in [6, 6.07) is 28.2. The molecule has 208 valence electrons. The Bertz CT molecular complexity index is 1400. The third-order valence-corrected chi connectivity index (χ3v) is 8.85. The van der Waals surface area contributed by atoms with Gasteiger partial charge in [0.25, 0.3) is 0 Å². The van der Waals surface area contributed by atoms with Gasteiger partial charge in [-0.15, -0.1) is 0 Å². The number of carboxylic acids is 1. The summed E-state index contributed by atoms with van der Waals surface area (Å²) in [5.41, 5.74) is 3.87. The fourth-order valence-corrected chi connectivity index (χ4v) is 6.82. The van der Waals surface area contributed by atoms with Gasteiger partial charge in [-0.3, -0.25) is 9.59 Å². The predicted octanol–water partition coefficient (Wildman–Crippen LogP) is 7.00. The lowest BCUT2D eigenvalue weighted by atomic mass is 9.76. The van der Waals surface area contributed by atoms with Gasteiger partial charge < -0.3 is 14.6 Å². The van der Waals surface area contributed by atoms with Gasteiger partial charge in [-0.05, 0) is 48.4 Å². The minimum absolute atomic E-state index is 0.123. The number of aromatic nitrogens is 2. The van der Waals surface area contributed by atoms with E-state index in [9.17, 15) is 14.7 Å². The van der Waals surface area contributed by atoms with Crippen molar-refractivity contribution in [1.82, 2.24) is 14.5 Å². The molecule has 7 heteroatoms. The number of para-hydroxylation sites is 2. The lowest BCUT2D eigenvalue weighted by Crippen LogP contribution is -2.39. The largest absolute Gasteiger partial charge is 0.480 e. The number of imidazole rings is 1. The van der Waals surface area contributed by atoms with Crippen molar-refractivity contribution in [3.8, 4) is 0 Å². The van der Waals surface area contributed by atoms with Crippen LogP contribution in [0.15, 0.2) is 90.1 Å². The summed E-state index contributed by atoms with van der Waals surface area (Å²) in [7, 11) is 0. The number of aliphatic carboxylic acids is 1. The van der Waals surface area contributed by atoms with E-state index in [1.54, 1.807) is 16.3 Å². The van der Waals surface area contributed by atoms with E-state index in [1.165, 1.54) is 19.3 Å². The van der Waals surface area contributed by atoms with Gasteiger partial charge in [-0.25, -0.2) is 4.98 Å². The zero-order chi connectivity index (χ0) is 27.7. The molecule has 3 aromatic carbocycles. The van der Waals surface area contributed by atoms with Crippen LogP contribution in [0.5, 0.6) is 0 Å². The van der Waals surface area contributed by atoms with Crippen LogP contribution < -0.4 is 0 Å². The molecule has 4 aromatic rings. The predicted molar refractivity (Wildman–Crippen MR) is 160 cm³/mol. The highest BCUT2D eigenvalue weighted by Gasteiger charge is 2.33. The average molecular weight is 556 g/mol. The summed E-state index contributed by atoms with van der Waals surface area (Å²) in [5.74, 6) is 0.301. The van der Waals surface area contributed by atoms with Crippen LogP contribution in [0.25, 0.3) is 11.0 Å². The van der Waals surface area contributed by atoms with Gasteiger partial charge in [0.05, 0.1) is 17.0 Å². The van der Waals surface area contributed by atoms with Crippen LogP contribution in [0.1, 0.15) is 55.6 Å². The number of benzene rings is 3. The number of rotatable bonds is 12. The molecule has 1 fully saturated rings. The van der Waals surface area contributed by atoms with E-state index >= 15 is 0 Å². The van der Waals surface area contributed by atoms with Crippen LogP contribution in [0.4, 0.5) is 0 Å². The number of carbonyl (C=O) groups excluding carboxylic acids is 1. The summed E-state index contributed by atoms with van der Waals surface area (Å²) in [6.45, 7) is 1.09. The first-order valence-corrected chi connectivity index (χ1v) is 15.3. The van der Waals surface area contributed by atoms with Gasteiger partial charge in [0.15, 0.2) is 5.16 Å². The Morgan fingerprint density at radius 2 is 1.60 bits per heavy atom. The molecule has 0 saturated heterocycles. The summed E-state index contributed by atoms with van der Waals surface area (Å²) in [6.07, 6.45) is 6.61. The Labute approximate surface area is 240 Å². The van der Waals surface area contributed by atoms with Crippen LogP contribution in [0, 0.1) is 5.92 Å². The fourth-order valence-electron chi connectivity index (χ4n) is 5.88. The Morgan fingerprint density at radius 1 is 0.925 bits per heavy atom. The first-order valence-electron chi connectivity index (χ1n) is 14.3. The van der Waals surface area contributed by atoms with Gasteiger partial charge >= 0.3 is 5.97 Å². The Hall–Kier alpha value is -3.58. The molecule has 6 nitrogen and oxygen atoms in total. The highest BCUT2D eigenvalue weighted by molar-refractivity contribution is 7.99. The number of hydrogen-bond donors (Lipinski definition) is 1. The van der Waals surface area contributed by atoms with Gasteiger partial charge in [0.2, 0.25) is 5.91 Å². The van der Waals surface area contributed by atoms with Crippen LogP contribution in [0.3, 0.4) is 0 Å². The molecule has 1 aliphatic rings. The van der Waals surface area contributed by atoms with Crippen molar-refractivity contribution in [2.24, 2.45) is 5.92 Å². The van der Waals surface area contributed by atoms with Crippen molar-refractivity contribution in [1.29, 1.82) is 0 Å². The molecule has 1 atom stereocenters. The summed E-state index contributed by atoms with van der Waals surface area (Å²) < 4.78 is 1.77. The summed E-state index contributed by atoms with van der Waals surface area (Å²) >= 11 is 1.56.